The van der Waals surface area contributed by atoms with E-state index in [1.165, 1.54) is 12.1 Å². The van der Waals surface area contributed by atoms with E-state index >= 15 is 0 Å². The summed E-state index contributed by atoms with van der Waals surface area (Å²) in [6, 6.07) is 12.1. The molecule has 168 valence electrons. The molecule has 5 nitrogen and oxygen atoms in total. The van der Waals surface area contributed by atoms with Crippen LogP contribution in [0.3, 0.4) is 0 Å². The van der Waals surface area contributed by atoms with Crippen LogP contribution in [-0.4, -0.2) is 38.1 Å². The number of rotatable bonds is 7. The van der Waals surface area contributed by atoms with Crippen LogP contribution in [0.2, 0.25) is 0 Å². The molecule has 1 N–H and O–H groups in total. The first-order valence-corrected chi connectivity index (χ1v) is 10.7. The number of nitrogens with zero attached hydrogens (tertiary/aromatic N) is 1. The summed E-state index contributed by atoms with van der Waals surface area (Å²) >= 11 is 0. The van der Waals surface area contributed by atoms with Crippen LogP contribution >= 0.6 is 0 Å². The lowest BCUT2D eigenvalue weighted by Gasteiger charge is -2.33. The number of likely N-dealkylation sites (tertiary alicyclic amines) is 1. The van der Waals surface area contributed by atoms with Crippen molar-refractivity contribution in [3.8, 4) is 11.5 Å². The van der Waals surface area contributed by atoms with Crippen LogP contribution in [0.25, 0.3) is 0 Å². The van der Waals surface area contributed by atoms with Gasteiger partial charge in [-0.3, -0.25) is 4.79 Å². The van der Waals surface area contributed by atoms with Gasteiger partial charge in [0.1, 0.15) is 17.3 Å². The van der Waals surface area contributed by atoms with Gasteiger partial charge < -0.3 is 19.7 Å². The summed E-state index contributed by atoms with van der Waals surface area (Å²) in [6.45, 7) is 7.27. The third kappa shape index (κ3) is 5.37. The SMILES string of the molecule is COc1ccc(C2CCCN2C(=O)CNC(c2ccc(F)cc2)C(C)(C)C)c(OC)c1. The molecule has 0 bridgehead atoms. The molecule has 0 aliphatic carbocycles. The van der Waals surface area contributed by atoms with Gasteiger partial charge in [0.2, 0.25) is 5.91 Å². The van der Waals surface area contributed by atoms with Crippen molar-refractivity contribution >= 4 is 5.91 Å². The Bertz CT molecular complexity index is 893. The monoisotopic (exact) mass is 428 g/mol. The van der Waals surface area contributed by atoms with Crippen LogP contribution in [0.5, 0.6) is 11.5 Å². The van der Waals surface area contributed by atoms with Crippen molar-refractivity contribution in [3.05, 3.63) is 59.4 Å². The smallest absolute Gasteiger partial charge is 0.237 e. The van der Waals surface area contributed by atoms with Gasteiger partial charge in [0.25, 0.3) is 0 Å². The number of methoxy groups -OCH3 is 2. The van der Waals surface area contributed by atoms with Crippen LogP contribution in [0.15, 0.2) is 42.5 Å². The van der Waals surface area contributed by atoms with Crippen molar-refractivity contribution in [1.82, 2.24) is 10.2 Å². The quantitative estimate of drug-likeness (QED) is 0.683. The highest BCUT2D eigenvalue weighted by Gasteiger charge is 2.33. The maximum Gasteiger partial charge on any atom is 0.237 e. The van der Waals surface area contributed by atoms with Crippen LogP contribution in [0.1, 0.15) is 56.8 Å². The van der Waals surface area contributed by atoms with Crippen molar-refractivity contribution in [2.24, 2.45) is 5.41 Å². The average molecular weight is 429 g/mol. The summed E-state index contributed by atoms with van der Waals surface area (Å²) < 4.78 is 24.3. The molecular formula is C25H33FN2O3. The molecule has 0 aromatic heterocycles. The molecule has 6 heteroatoms. The normalized spacial score (nSPS) is 17.5. The van der Waals surface area contributed by atoms with Gasteiger partial charge in [-0.2, -0.15) is 0 Å². The zero-order chi connectivity index (χ0) is 22.6. The third-order valence-electron chi connectivity index (χ3n) is 5.90. The zero-order valence-electron chi connectivity index (χ0n) is 19.1. The Labute approximate surface area is 184 Å². The van der Waals surface area contributed by atoms with E-state index in [0.717, 1.165) is 42.0 Å². The fourth-order valence-corrected chi connectivity index (χ4v) is 4.35. The van der Waals surface area contributed by atoms with Gasteiger partial charge in [0.15, 0.2) is 0 Å². The highest BCUT2D eigenvalue weighted by molar-refractivity contribution is 5.79. The number of ether oxygens (including phenoxy) is 2. The van der Waals surface area contributed by atoms with Crippen LogP contribution < -0.4 is 14.8 Å². The molecule has 2 aromatic rings. The van der Waals surface area contributed by atoms with Crippen molar-refractivity contribution < 1.29 is 18.7 Å². The number of nitrogens with one attached hydrogen (secondary N) is 1. The largest absolute Gasteiger partial charge is 0.497 e. The first-order valence-electron chi connectivity index (χ1n) is 10.7. The van der Waals surface area contributed by atoms with E-state index in [1.807, 2.05) is 23.1 Å². The second-order valence-electron chi connectivity index (χ2n) is 9.08. The predicted octanol–water partition coefficient (Wildman–Crippen LogP) is 4.88. The lowest BCUT2D eigenvalue weighted by molar-refractivity contribution is -0.131. The van der Waals surface area contributed by atoms with Gasteiger partial charge in [0.05, 0.1) is 26.8 Å². The Balaban J connectivity index is 1.75. The van der Waals surface area contributed by atoms with Crippen molar-refractivity contribution in [2.75, 3.05) is 27.3 Å². The Morgan fingerprint density at radius 2 is 1.87 bits per heavy atom. The van der Waals surface area contributed by atoms with Crippen molar-refractivity contribution in [3.63, 3.8) is 0 Å². The van der Waals surface area contributed by atoms with Crippen LogP contribution in [0, 0.1) is 11.2 Å². The molecule has 2 aromatic carbocycles. The summed E-state index contributed by atoms with van der Waals surface area (Å²) in [7, 11) is 3.26. The maximum absolute atomic E-state index is 13.4. The molecule has 0 radical (unpaired) electrons. The zero-order valence-corrected chi connectivity index (χ0v) is 19.1. The highest BCUT2D eigenvalue weighted by Crippen LogP contribution is 2.39. The van der Waals surface area contributed by atoms with Crippen molar-refractivity contribution in [1.29, 1.82) is 0 Å². The minimum atomic E-state index is -0.263. The Hall–Kier alpha value is -2.60. The Morgan fingerprint density at radius 3 is 2.48 bits per heavy atom. The fourth-order valence-electron chi connectivity index (χ4n) is 4.35. The topological polar surface area (TPSA) is 50.8 Å². The summed E-state index contributed by atoms with van der Waals surface area (Å²) in [5.41, 5.74) is 1.83. The van der Waals surface area contributed by atoms with Crippen LogP contribution in [0.4, 0.5) is 4.39 Å². The standard InChI is InChI=1S/C25H33FN2O3/c1-25(2,3)24(17-8-10-18(26)11-9-17)27-16-23(29)28-14-6-7-21(28)20-13-12-19(30-4)15-22(20)31-5/h8-13,15,21,24,27H,6-7,14,16H2,1-5H3. The van der Waals surface area contributed by atoms with E-state index in [-0.39, 0.29) is 35.8 Å². The number of amides is 1. The van der Waals surface area contributed by atoms with Gasteiger partial charge in [0, 0.05) is 24.2 Å². The number of halogens is 1. The van der Waals surface area contributed by atoms with Gasteiger partial charge >= 0.3 is 0 Å². The Morgan fingerprint density at radius 1 is 1.16 bits per heavy atom. The van der Waals surface area contributed by atoms with E-state index in [1.54, 1.807) is 26.4 Å². The molecule has 0 saturated carbocycles. The second-order valence-corrected chi connectivity index (χ2v) is 9.08. The minimum absolute atomic E-state index is 0.0194. The number of hydrogen-bond acceptors (Lipinski definition) is 4. The predicted molar refractivity (Wildman–Crippen MR) is 120 cm³/mol. The first kappa shape index (κ1) is 23.1. The molecule has 2 atom stereocenters. The number of benzene rings is 2. The average Bonchev–Trinajstić information content (AvgIpc) is 3.23. The highest BCUT2D eigenvalue weighted by atomic mass is 19.1. The molecule has 31 heavy (non-hydrogen) atoms. The van der Waals surface area contributed by atoms with E-state index < -0.39 is 0 Å². The van der Waals surface area contributed by atoms with E-state index in [4.69, 9.17) is 9.47 Å². The molecule has 1 heterocycles. The molecule has 0 spiro atoms. The molecule has 1 amide bonds. The molecule has 1 aliphatic rings. The summed E-state index contributed by atoms with van der Waals surface area (Å²) in [5, 5.41) is 3.43. The van der Waals surface area contributed by atoms with Gasteiger partial charge in [-0.1, -0.05) is 32.9 Å². The lowest BCUT2D eigenvalue weighted by Crippen LogP contribution is -2.42. The molecule has 1 saturated heterocycles. The maximum atomic E-state index is 13.4. The fraction of sp³-hybridized carbons (Fsp3) is 0.480. The molecule has 1 fully saturated rings. The number of carbonyl (C=O) groups is 1. The van der Waals surface area contributed by atoms with Crippen LogP contribution in [-0.2, 0) is 4.79 Å². The summed E-state index contributed by atoms with van der Waals surface area (Å²) in [5.74, 6) is 1.25. The number of carbonyl (C=O) groups excluding carboxylic acids is 1. The lowest BCUT2D eigenvalue weighted by atomic mass is 9.82. The van der Waals surface area contributed by atoms with E-state index in [9.17, 15) is 9.18 Å². The van der Waals surface area contributed by atoms with E-state index in [0.29, 0.717) is 0 Å². The second kappa shape index (κ2) is 9.69. The minimum Gasteiger partial charge on any atom is -0.497 e. The molecule has 3 rings (SSSR count). The van der Waals surface area contributed by atoms with Gasteiger partial charge in [-0.15, -0.1) is 0 Å². The summed E-state index contributed by atoms with van der Waals surface area (Å²) in [6.07, 6.45) is 1.85. The number of hydrogen-bond donors (Lipinski definition) is 1. The molecule has 2 unspecified atom stereocenters. The third-order valence-corrected chi connectivity index (χ3v) is 5.90. The molecular weight excluding hydrogens is 395 g/mol. The van der Waals surface area contributed by atoms with Crippen molar-refractivity contribution in [2.45, 2.75) is 45.7 Å². The van der Waals surface area contributed by atoms with Gasteiger partial charge in [-0.05, 0) is 48.1 Å². The first-order chi connectivity index (χ1) is 14.7. The van der Waals surface area contributed by atoms with E-state index in [2.05, 4.69) is 26.1 Å². The van der Waals surface area contributed by atoms with Gasteiger partial charge in [-0.25, -0.2) is 4.39 Å². The molecule has 1 aliphatic heterocycles. The summed E-state index contributed by atoms with van der Waals surface area (Å²) in [4.78, 5) is 15.1. The Kier molecular flexibility index (Phi) is 7.21.